The second-order valence-electron chi connectivity index (χ2n) is 3.14. The largest absolute Gasteiger partial charge is 0.374 e. The smallest absolute Gasteiger partial charge is 0.131 e. The van der Waals surface area contributed by atoms with Crippen LogP contribution in [0.2, 0.25) is 0 Å². The lowest BCUT2D eigenvalue weighted by atomic mass is 10.0. The molecule has 0 saturated carbocycles. The Kier molecular flexibility index (Phi) is 7.50. The van der Waals surface area contributed by atoms with Crippen molar-refractivity contribution in [3.63, 3.8) is 0 Å². The minimum atomic E-state index is -0.675. The van der Waals surface area contributed by atoms with Crippen molar-refractivity contribution >= 4 is 6.21 Å². The molecule has 1 atom stereocenters. The maximum Gasteiger partial charge on any atom is 0.131 e. The Bertz CT molecular complexity index is 267. The number of nitrogens with one attached hydrogen (secondary N) is 2. The van der Waals surface area contributed by atoms with Gasteiger partial charge in [-0.25, -0.2) is 0 Å². The summed E-state index contributed by atoms with van der Waals surface area (Å²) in [7, 11) is 0. The Hall–Kier alpha value is -1.19. The van der Waals surface area contributed by atoms with Crippen LogP contribution in [0.1, 0.15) is 20.3 Å². The van der Waals surface area contributed by atoms with E-state index in [2.05, 4.69) is 11.9 Å². The van der Waals surface area contributed by atoms with E-state index < -0.39 is 6.23 Å². The Morgan fingerprint density at radius 3 is 2.73 bits per heavy atom. The lowest BCUT2D eigenvalue weighted by Gasteiger charge is -2.16. The van der Waals surface area contributed by atoms with Crippen LogP contribution < -0.4 is 5.32 Å². The van der Waals surface area contributed by atoms with Crippen molar-refractivity contribution in [2.75, 3.05) is 6.54 Å². The van der Waals surface area contributed by atoms with Crippen molar-refractivity contribution in [2.24, 2.45) is 0 Å². The molecular weight excluding hydrogens is 188 g/mol. The summed E-state index contributed by atoms with van der Waals surface area (Å²) >= 11 is 0. The molecule has 0 saturated heterocycles. The zero-order valence-corrected chi connectivity index (χ0v) is 9.46. The number of likely N-dealkylation sites (N-methyl/N-ethyl adjacent to an activating group) is 1. The second kappa shape index (κ2) is 8.15. The predicted molar refractivity (Wildman–Crippen MR) is 65.1 cm³/mol. The zero-order chi connectivity index (χ0) is 11.7. The maximum atomic E-state index is 9.80. The topological polar surface area (TPSA) is 56.1 Å². The Labute approximate surface area is 91.7 Å². The predicted octanol–water partition coefficient (Wildman–Crippen LogP) is 2.01. The number of aliphatic hydroxyl groups is 1. The summed E-state index contributed by atoms with van der Waals surface area (Å²) in [5, 5.41) is 19.7. The van der Waals surface area contributed by atoms with Crippen LogP contribution in [0.4, 0.5) is 0 Å². The van der Waals surface area contributed by atoms with Crippen molar-refractivity contribution in [2.45, 2.75) is 26.5 Å². The fraction of sp³-hybridized carbons (Fsp3) is 0.417. The first-order chi connectivity index (χ1) is 7.17. The number of hydrogen-bond donors (Lipinski definition) is 3. The minimum Gasteiger partial charge on any atom is -0.374 e. The van der Waals surface area contributed by atoms with E-state index in [1.807, 2.05) is 26.0 Å². The molecule has 0 aliphatic carbocycles. The molecule has 15 heavy (non-hydrogen) atoms. The molecule has 3 heteroatoms. The average Bonchev–Trinajstić information content (AvgIpc) is 2.19. The monoisotopic (exact) mass is 208 g/mol. The highest BCUT2D eigenvalue weighted by atomic mass is 16.3. The number of hydrogen-bond acceptors (Lipinski definition) is 3. The van der Waals surface area contributed by atoms with Crippen LogP contribution in [0.15, 0.2) is 36.0 Å². The summed E-state index contributed by atoms with van der Waals surface area (Å²) in [6.07, 6.45) is 6.53. The molecule has 0 aromatic heterocycles. The van der Waals surface area contributed by atoms with E-state index in [0.29, 0.717) is 13.0 Å². The van der Waals surface area contributed by atoms with Crippen molar-refractivity contribution in [3.05, 3.63) is 36.0 Å². The summed E-state index contributed by atoms with van der Waals surface area (Å²) in [6, 6.07) is 0. The first-order valence-electron chi connectivity index (χ1n) is 5.07. The Morgan fingerprint density at radius 1 is 1.60 bits per heavy atom. The zero-order valence-electron chi connectivity index (χ0n) is 9.46. The van der Waals surface area contributed by atoms with Gasteiger partial charge in [0.25, 0.3) is 0 Å². The molecule has 0 heterocycles. The van der Waals surface area contributed by atoms with Crippen LogP contribution in [-0.4, -0.2) is 24.1 Å². The van der Waals surface area contributed by atoms with E-state index in [0.717, 1.165) is 11.1 Å². The summed E-state index contributed by atoms with van der Waals surface area (Å²) < 4.78 is 0. The molecule has 0 radical (unpaired) electrons. The normalized spacial score (nSPS) is 14.9. The van der Waals surface area contributed by atoms with Crippen LogP contribution in [0, 0.1) is 5.41 Å². The molecule has 3 N–H and O–H groups in total. The molecule has 0 bridgehead atoms. The second-order valence-corrected chi connectivity index (χ2v) is 3.14. The van der Waals surface area contributed by atoms with E-state index >= 15 is 0 Å². The van der Waals surface area contributed by atoms with Gasteiger partial charge in [0.05, 0.1) is 0 Å². The fourth-order valence-electron chi connectivity index (χ4n) is 1.25. The van der Waals surface area contributed by atoms with E-state index in [1.165, 1.54) is 6.21 Å². The quantitative estimate of drug-likeness (QED) is 0.340. The van der Waals surface area contributed by atoms with Crippen LogP contribution >= 0.6 is 0 Å². The number of allylic oxidation sites excluding steroid dienone is 3. The van der Waals surface area contributed by atoms with E-state index in [1.54, 1.807) is 6.08 Å². The van der Waals surface area contributed by atoms with E-state index in [4.69, 9.17) is 5.41 Å². The highest BCUT2D eigenvalue weighted by Crippen LogP contribution is 2.13. The van der Waals surface area contributed by atoms with Gasteiger partial charge in [-0.3, -0.25) is 5.32 Å². The van der Waals surface area contributed by atoms with Gasteiger partial charge in [0, 0.05) is 6.42 Å². The summed E-state index contributed by atoms with van der Waals surface area (Å²) in [4.78, 5) is 0. The van der Waals surface area contributed by atoms with Gasteiger partial charge in [0.1, 0.15) is 6.23 Å². The molecule has 84 valence electrons. The molecule has 0 fully saturated rings. The Balaban J connectivity index is 4.78. The summed E-state index contributed by atoms with van der Waals surface area (Å²) in [5.74, 6) is 0. The van der Waals surface area contributed by atoms with Crippen LogP contribution in [0.25, 0.3) is 0 Å². The van der Waals surface area contributed by atoms with Crippen LogP contribution in [-0.2, 0) is 0 Å². The van der Waals surface area contributed by atoms with Crippen molar-refractivity contribution in [1.29, 1.82) is 5.41 Å². The molecule has 0 spiro atoms. The molecule has 0 aliphatic rings. The highest BCUT2D eigenvalue weighted by molar-refractivity contribution is 5.56. The van der Waals surface area contributed by atoms with Gasteiger partial charge in [-0.15, -0.1) is 0 Å². The molecule has 3 nitrogen and oxygen atoms in total. The fourth-order valence-corrected chi connectivity index (χ4v) is 1.25. The molecular formula is C12H20N2O. The lowest BCUT2D eigenvalue weighted by Crippen LogP contribution is -2.30. The van der Waals surface area contributed by atoms with Gasteiger partial charge in [-0.2, -0.15) is 0 Å². The number of aliphatic hydroxyl groups excluding tert-OH is 1. The molecule has 0 aliphatic heterocycles. The molecule has 0 rings (SSSR count). The molecule has 0 amide bonds. The van der Waals surface area contributed by atoms with Gasteiger partial charge in [-0.05, 0) is 30.8 Å². The first-order valence-corrected chi connectivity index (χ1v) is 5.07. The highest BCUT2D eigenvalue weighted by Gasteiger charge is 2.09. The van der Waals surface area contributed by atoms with Gasteiger partial charge in [-0.1, -0.05) is 31.7 Å². The third-order valence-corrected chi connectivity index (χ3v) is 1.97. The number of rotatable bonds is 7. The third-order valence-electron chi connectivity index (χ3n) is 1.97. The SMILES string of the molecule is C=CC=C(C)C(=CCC=N)C(O)NCC. The van der Waals surface area contributed by atoms with Gasteiger partial charge in [0.2, 0.25) is 0 Å². The average molecular weight is 208 g/mol. The summed E-state index contributed by atoms with van der Waals surface area (Å²) in [5.41, 5.74) is 1.76. The van der Waals surface area contributed by atoms with Crippen molar-refractivity contribution < 1.29 is 5.11 Å². The van der Waals surface area contributed by atoms with Gasteiger partial charge in [0.15, 0.2) is 0 Å². The lowest BCUT2D eigenvalue weighted by molar-refractivity contribution is 0.177. The van der Waals surface area contributed by atoms with Gasteiger partial charge < -0.3 is 10.5 Å². The minimum absolute atomic E-state index is 0.528. The van der Waals surface area contributed by atoms with Crippen molar-refractivity contribution in [3.8, 4) is 0 Å². The molecule has 1 unspecified atom stereocenters. The van der Waals surface area contributed by atoms with Gasteiger partial charge >= 0.3 is 0 Å². The van der Waals surface area contributed by atoms with E-state index in [-0.39, 0.29) is 0 Å². The first kappa shape index (κ1) is 13.8. The molecule has 0 aromatic rings. The maximum absolute atomic E-state index is 9.80. The summed E-state index contributed by atoms with van der Waals surface area (Å²) in [6.45, 7) is 8.17. The third kappa shape index (κ3) is 5.30. The molecule has 0 aromatic carbocycles. The van der Waals surface area contributed by atoms with E-state index in [9.17, 15) is 5.11 Å². The van der Waals surface area contributed by atoms with Crippen molar-refractivity contribution in [1.82, 2.24) is 5.32 Å². The standard InChI is InChI=1S/C12H20N2O/c1-4-7-10(3)11(8-6-9-13)12(15)14-5-2/h4,7-9,12-15H,1,5-6H2,2-3H3. The van der Waals surface area contributed by atoms with Crippen LogP contribution in [0.5, 0.6) is 0 Å². The van der Waals surface area contributed by atoms with Crippen LogP contribution in [0.3, 0.4) is 0 Å². The Morgan fingerprint density at radius 2 is 2.27 bits per heavy atom.